The van der Waals surface area contributed by atoms with E-state index in [2.05, 4.69) is 11.8 Å². The van der Waals surface area contributed by atoms with Gasteiger partial charge in [0.1, 0.15) is 5.75 Å². The number of carbonyl (C=O) groups is 1. The van der Waals surface area contributed by atoms with Crippen LogP contribution in [0.25, 0.3) is 17.2 Å². The molecule has 0 aliphatic carbocycles. The van der Waals surface area contributed by atoms with Crippen molar-refractivity contribution in [3.63, 3.8) is 0 Å². The summed E-state index contributed by atoms with van der Waals surface area (Å²) in [5.74, 6) is 5.22. The second kappa shape index (κ2) is 7.46. The molecule has 0 bridgehead atoms. The lowest BCUT2D eigenvalue weighted by Crippen LogP contribution is -1.99. The number of halogens is 1. The van der Waals surface area contributed by atoms with Gasteiger partial charge in [-0.05, 0) is 56.2 Å². The van der Waals surface area contributed by atoms with Gasteiger partial charge in [-0.25, -0.2) is 4.79 Å². The topological polar surface area (TPSA) is 57.5 Å². The van der Waals surface area contributed by atoms with Crippen molar-refractivity contribution in [2.24, 2.45) is 5.41 Å². The zero-order chi connectivity index (χ0) is 18.6. The molecular formula is C21H19ClO3. The van der Waals surface area contributed by atoms with Crippen LogP contribution >= 0.6 is 11.6 Å². The van der Waals surface area contributed by atoms with Gasteiger partial charge in [0.05, 0.1) is 5.56 Å². The molecule has 0 amide bonds. The summed E-state index contributed by atoms with van der Waals surface area (Å²) in [6.45, 7) is 6.00. The summed E-state index contributed by atoms with van der Waals surface area (Å²) >= 11 is 6.34. The van der Waals surface area contributed by atoms with E-state index in [1.54, 1.807) is 30.3 Å². The molecule has 0 aliphatic rings. The van der Waals surface area contributed by atoms with Gasteiger partial charge < -0.3 is 10.2 Å². The number of aromatic hydroxyl groups is 1. The third-order valence-corrected chi connectivity index (χ3v) is 3.60. The van der Waals surface area contributed by atoms with Gasteiger partial charge in [0.25, 0.3) is 0 Å². The molecule has 0 aliphatic heterocycles. The van der Waals surface area contributed by atoms with Gasteiger partial charge in [0.2, 0.25) is 0 Å². The zero-order valence-corrected chi connectivity index (χ0v) is 15.1. The van der Waals surface area contributed by atoms with E-state index in [9.17, 15) is 9.90 Å². The Morgan fingerprint density at radius 2 is 1.88 bits per heavy atom. The van der Waals surface area contributed by atoms with Crippen LogP contribution in [0.5, 0.6) is 5.75 Å². The van der Waals surface area contributed by atoms with Gasteiger partial charge in [0, 0.05) is 22.1 Å². The molecule has 2 aromatic rings. The lowest BCUT2D eigenvalue weighted by Gasteiger charge is -2.09. The highest BCUT2D eigenvalue weighted by Crippen LogP contribution is 2.32. The second-order valence-corrected chi connectivity index (χ2v) is 7.05. The lowest BCUT2D eigenvalue weighted by atomic mass is 9.96. The van der Waals surface area contributed by atoms with E-state index < -0.39 is 5.97 Å². The molecule has 0 saturated carbocycles. The Labute approximate surface area is 152 Å². The molecule has 2 aromatic carbocycles. The van der Waals surface area contributed by atoms with Crippen molar-refractivity contribution >= 4 is 23.6 Å². The molecule has 3 nitrogen and oxygen atoms in total. The maximum absolute atomic E-state index is 10.6. The Kier molecular flexibility index (Phi) is 5.56. The number of aliphatic carboxylic acids is 1. The van der Waals surface area contributed by atoms with Crippen molar-refractivity contribution in [3.8, 4) is 28.7 Å². The molecule has 0 spiro atoms. The minimum Gasteiger partial charge on any atom is -0.507 e. The molecule has 128 valence electrons. The van der Waals surface area contributed by atoms with Gasteiger partial charge >= 0.3 is 5.97 Å². The van der Waals surface area contributed by atoms with Crippen LogP contribution in [-0.2, 0) is 4.79 Å². The normalized spacial score (nSPS) is 11.2. The summed E-state index contributed by atoms with van der Waals surface area (Å²) < 4.78 is 0. The van der Waals surface area contributed by atoms with Crippen LogP contribution in [0.2, 0.25) is 5.02 Å². The Bertz CT molecular complexity index is 894. The molecule has 0 fully saturated rings. The standard InChI is InChI=1S/C21H19ClO3/c1-21(2,3)11-10-16-13-15(6-8-19(16)23)17-7-4-14(12-18(17)22)5-9-20(24)25/h4-9,12-13,23H,1-3H3,(H,24,25)/b9-5+. The van der Waals surface area contributed by atoms with E-state index >= 15 is 0 Å². The van der Waals surface area contributed by atoms with Crippen molar-refractivity contribution in [3.05, 3.63) is 58.6 Å². The molecule has 2 rings (SSSR count). The number of rotatable bonds is 3. The molecule has 25 heavy (non-hydrogen) atoms. The first-order valence-electron chi connectivity index (χ1n) is 7.73. The van der Waals surface area contributed by atoms with Crippen molar-refractivity contribution in [1.82, 2.24) is 0 Å². The number of carboxylic acids is 1. The summed E-state index contributed by atoms with van der Waals surface area (Å²) in [6, 6.07) is 10.5. The molecule has 0 radical (unpaired) electrons. The molecule has 0 atom stereocenters. The number of hydrogen-bond acceptors (Lipinski definition) is 2. The molecular weight excluding hydrogens is 336 g/mol. The number of benzene rings is 2. The number of hydrogen-bond donors (Lipinski definition) is 2. The predicted molar refractivity (Wildman–Crippen MR) is 102 cm³/mol. The van der Waals surface area contributed by atoms with E-state index in [1.165, 1.54) is 6.08 Å². The van der Waals surface area contributed by atoms with E-state index in [4.69, 9.17) is 16.7 Å². The molecule has 0 saturated heterocycles. The quantitative estimate of drug-likeness (QED) is 0.587. The van der Waals surface area contributed by atoms with Gasteiger partial charge in [-0.2, -0.15) is 0 Å². The Morgan fingerprint density at radius 1 is 1.16 bits per heavy atom. The van der Waals surface area contributed by atoms with Crippen LogP contribution < -0.4 is 0 Å². The smallest absolute Gasteiger partial charge is 0.328 e. The molecule has 4 heteroatoms. The monoisotopic (exact) mass is 354 g/mol. The number of phenols is 1. The summed E-state index contributed by atoms with van der Waals surface area (Å²) in [6.07, 6.45) is 2.54. The summed E-state index contributed by atoms with van der Waals surface area (Å²) in [5.41, 5.74) is 2.68. The third-order valence-electron chi connectivity index (χ3n) is 3.29. The number of carboxylic acid groups (broad SMARTS) is 1. The maximum atomic E-state index is 10.6. The molecule has 2 N–H and O–H groups in total. The molecule has 0 aromatic heterocycles. The molecule has 0 heterocycles. The van der Waals surface area contributed by atoms with E-state index in [0.29, 0.717) is 16.1 Å². The van der Waals surface area contributed by atoms with E-state index in [0.717, 1.165) is 17.2 Å². The Morgan fingerprint density at radius 3 is 2.48 bits per heavy atom. The highest BCUT2D eigenvalue weighted by atomic mass is 35.5. The minimum absolute atomic E-state index is 0.123. The maximum Gasteiger partial charge on any atom is 0.328 e. The highest BCUT2D eigenvalue weighted by molar-refractivity contribution is 6.33. The highest BCUT2D eigenvalue weighted by Gasteiger charge is 2.09. The van der Waals surface area contributed by atoms with Crippen LogP contribution in [0.1, 0.15) is 31.9 Å². The fourth-order valence-electron chi connectivity index (χ4n) is 2.10. The van der Waals surface area contributed by atoms with E-state index in [1.807, 2.05) is 26.8 Å². The summed E-state index contributed by atoms with van der Waals surface area (Å²) in [7, 11) is 0. The van der Waals surface area contributed by atoms with Crippen molar-refractivity contribution in [2.75, 3.05) is 0 Å². The van der Waals surface area contributed by atoms with Crippen LogP contribution in [-0.4, -0.2) is 16.2 Å². The van der Waals surface area contributed by atoms with Crippen molar-refractivity contribution < 1.29 is 15.0 Å². The average Bonchev–Trinajstić information content (AvgIpc) is 2.51. The Hall–Kier alpha value is -2.70. The number of phenolic OH excluding ortho intramolecular Hbond substituents is 1. The van der Waals surface area contributed by atoms with Crippen molar-refractivity contribution in [1.29, 1.82) is 0 Å². The van der Waals surface area contributed by atoms with Gasteiger partial charge in [-0.15, -0.1) is 0 Å². The summed E-state index contributed by atoms with van der Waals surface area (Å²) in [4.78, 5) is 10.6. The van der Waals surface area contributed by atoms with Crippen LogP contribution in [0.3, 0.4) is 0 Å². The van der Waals surface area contributed by atoms with Crippen LogP contribution in [0.4, 0.5) is 0 Å². The Balaban J connectivity index is 2.42. The third kappa shape index (κ3) is 5.41. The van der Waals surface area contributed by atoms with Gasteiger partial charge in [-0.1, -0.05) is 41.6 Å². The van der Waals surface area contributed by atoms with E-state index in [-0.39, 0.29) is 11.2 Å². The van der Waals surface area contributed by atoms with Crippen LogP contribution in [0.15, 0.2) is 42.5 Å². The first-order chi connectivity index (χ1) is 11.7. The predicted octanol–water partition coefficient (Wildman–Crippen LogP) is 5.21. The fourth-order valence-corrected chi connectivity index (χ4v) is 2.39. The first kappa shape index (κ1) is 18.6. The largest absolute Gasteiger partial charge is 0.507 e. The molecule has 0 unspecified atom stereocenters. The van der Waals surface area contributed by atoms with Gasteiger partial charge in [-0.3, -0.25) is 0 Å². The first-order valence-corrected chi connectivity index (χ1v) is 8.11. The fraction of sp³-hybridized carbons (Fsp3) is 0.190. The lowest BCUT2D eigenvalue weighted by molar-refractivity contribution is -0.131. The summed E-state index contributed by atoms with van der Waals surface area (Å²) in [5, 5.41) is 19.2. The van der Waals surface area contributed by atoms with Crippen LogP contribution in [0, 0.1) is 17.3 Å². The van der Waals surface area contributed by atoms with Gasteiger partial charge in [0.15, 0.2) is 0 Å². The second-order valence-electron chi connectivity index (χ2n) is 6.64. The average molecular weight is 355 g/mol. The minimum atomic E-state index is -1.01. The zero-order valence-electron chi connectivity index (χ0n) is 14.3. The SMILES string of the molecule is CC(C)(C)C#Cc1cc(-c2ccc(/C=C/C(=O)O)cc2Cl)ccc1O. The van der Waals surface area contributed by atoms with Crippen molar-refractivity contribution in [2.45, 2.75) is 20.8 Å².